The van der Waals surface area contributed by atoms with E-state index in [0.29, 0.717) is 5.56 Å². The number of esters is 1. The lowest BCUT2D eigenvalue weighted by Crippen LogP contribution is -2.15. The molecule has 0 bridgehead atoms. The van der Waals surface area contributed by atoms with Gasteiger partial charge in [-0.25, -0.2) is 9.18 Å². The van der Waals surface area contributed by atoms with Crippen LogP contribution in [0.2, 0.25) is 0 Å². The quantitative estimate of drug-likeness (QED) is 0.768. The Morgan fingerprint density at radius 2 is 2.25 bits per heavy atom. The van der Waals surface area contributed by atoms with Crippen molar-refractivity contribution in [3.05, 3.63) is 29.6 Å². The maximum absolute atomic E-state index is 13.3. The molecule has 0 amide bonds. The van der Waals surface area contributed by atoms with Gasteiger partial charge in [-0.2, -0.15) is 0 Å². The number of rotatable bonds is 5. The highest BCUT2D eigenvalue weighted by molar-refractivity contribution is 5.71. The van der Waals surface area contributed by atoms with E-state index in [9.17, 15) is 9.18 Å². The predicted molar refractivity (Wildman–Crippen MR) is 56.4 cm³/mol. The molecule has 0 aromatic heterocycles. The first-order chi connectivity index (χ1) is 7.67. The molecule has 0 aliphatic rings. The van der Waals surface area contributed by atoms with Gasteiger partial charge in [0.05, 0.1) is 6.61 Å². The molecule has 0 fully saturated rings. The third-order valence-corrected chi connectivity index (χ3v) is 1.88. The fourth-order valence-electron chi connectivity index (χ4n) is 1.13. The predicted octanol–water partition coefficient (Wildman–Crippen LogP) is 1.23. The van der Waals surface area contributed by atoms with Gasteiger partial charge in [0.1, 0.15) is 0 Å². The molecule has 0 saturated carbocycles. The third-order valence-electron chi connectivity index (χ3n) is 1.88. The van der Waals surface area contributed by atoms with Crippen LogP contribution in [0, 0.1) is 5.82 Å². The van der Waals surface area contributed by atoms with Crippen LogP contribution in [0.15, 0.2) is 18.2 Å². The average molecular weight is 227 g/mol. The van der Waals surface area contributed by atoms with E-state index in [2.05, 4.69) is 4.74 Å². The number of ether oxygens (including phenoxy) is 2. The Hall–Kier alpha value is -1.62. The molecule has 0 saturated heterocycles. The van der Waals surface area contributed by atoms with Crippen LogP contribution in [0.1, 0.15) is 12.5 Å². The molecule has 0 unspecified atom stereocenters. The summed E-state index contributed by atoms with van der Waals surface area (Å²) in [5.74, 6) is -1.04. The SMILES string of the molecule is CCOC(=O)COc1ccc(CN)cc1F. The molecule has 0 radical (unpaired) electrons. The molecule has 2 N–H and O–H groups in total. The van der Waals surface area contributed by atoms with Gasteiger partial charge in [0, 0.05) is 6.54 Å². The van der Waals surface area contributed by atoms with Crippen LogP contribution in [-0.2, 0) is 16.1 Å². The fourth-order valence-corrected chi connectivity index (χ4v) is 1.13. The van der Waals surface area contributed by atoms with Crippen LogP contribution >= 0.6 is 0 Å². The largest absolute Gasteiger partial charge is 0.479 e. The topological polar surface area (TPSA) is 61.5 Å². The van der Waals surface area contributed by atoms with Gasteiger partial charge in [-0.1, -0.05) is 6.07 Å². The van der Waals surface area contributed by atoms with E-state index in [1.165, 1.54) is 12.1 Å². The summed E-state index contributed by atoms with van der Waals surface area (Å²) in [4.78, 5) is 11.0. The number of hydrogen-bond donors (Lipinski definition) is 1. The highest BCUT2D eigenvalue weighted by atomic mass is 19.1. The van der Waals surface area contributed by atoms with Crippen LogP contribution in [0.3, 0.4) is 0 Å². The molecule has 0 aliphatic heterocycles. The Morgan fingerprint density at radius 1 is 1.50 bits per heavy atom. The molecule has 1 rings (SSSR count). The van der Waals surface area contributed by atoms with E-state index in [1.807, 2.05) is 0 Å². The van der Waals surface area contributed by atoms with E-state index in [4.69, 9.17) is 10.5 Å². The second-order valence-electron chi connectivity index (χ2n) is 3.06. The van der Waals surface area contributed by atoms with E-state index in [0.717, 1.165) is 0 Å². The minimum atomic E-state index is -0.535. The average Bonchev–Trinajstić information content (AvgIpc) is 2.27. The first kappa shape index (κ1) is 12.4. The minimum Gasteiger partial charge on any atom is -0.479 e. The van der Waals surface area contributed by atoms with Crippen LogP contribution in [0.25, 0.3) is 0 Å². The molecule has 4 nitrogen and oxygen atoms in total. The zero-order chi connectivity index (χ0) is 12.0. The van der Waals surface area contributed by atoms with Crippen molar-refractivity contribution in [1.82, 2.24) is 0 Å². The van der Waals surface area contributed by atoms with Crippen LogP contribution in [0.5, 0.6) is 5.75 Å². The highest BCUT2D eigenvalue weighted by Crippen LogP contribution is 2.17. The maximum Gasteiger partial charge on any atom is 0.344 e. The van der Waals surface area contributed by atoms with Crippen LogP contribution in [-0.4, -0.2) is 19.2 Å². The molecule has 1 aromatic rings. The van der Waals surface area contributed by atoms with Crippen LogP contribution in [0.4, 0.5) is 4.39 Å². The summed E-state index contributed by atoms with van der Waals surface area (Å²) < 4.78 is 22.9. The van der Waals surface area contributed by atoms with E-state index in [-0.39, 0.29) is 25.5 Å². The van der Waals surface area contributed by atoms with Crippen molar-refractivity contribution < 1.29 is 18.7 Å². The van der Waals surface area contributed by atoms with E-state index < -0.39 is 11.8 Å². The molecule has 5 heteroatoms. The lowest BCUT2D eigenvalue weighted by atomic mass is 10.2. The number of nitrogens with two attached hydrogens (primary N) is 1. The third kappa shape index (κ3) is 3.51. The molecule has 88 valence electrons. The number of halogens is 1. The van der Waals surface area contributed by atoms with Gasteiger partial charge < -0.3 is 15.2 Å². The van der Waals surface area contributed by atoms with Gasteiger partial charge in [0.15, 0.2) is 18.2 Å². The summed E-state index contributed by atoms with van der Waals surface area (Å²) in [6.45, 7) is 1.92. The fraction of sp³-hybridized carbons (Fsp3) is 0.364. The van der Waals surface area contributed by atoms with Crippen molar-refractivity contribution in [3.63, 3.8) is 0 Å². The Balaban J connectivity index is 2.57. The molecule has 0 aliphatic carbocycles. The van der Waals surface area contributed by atoms with Crippen molar-refractivity contribution >= 4 is 5.97 Å². The van der Waals surface area contributed by atoms with Crippen molar-refractivity contribution in [2.45, 2.75) is 13.5 Å². The van der Waals surface area contributed by atoms with Crippen molar-refractivity contribution in [3.8, 4) is 5.75 Å². The molecule has 0 atom stereocenters. The number of hydrogen-bond acceptors (Lipinski definition) is 4. The summed E-state index contributed by atoms with van der Waals surface area (Å²) in [5, 5.41) is 0. The van der Waals surface area contributed by atoms with Crippen molar-refractivity contribution in [1.29, 1.82) is 0 Å². The molecule has 16 heavy (non-hydrogen) atoms. The van der Waals surface area contributed by atoms with Crippen molar-refractivity contribution in [2.75, 3.05) is 13.2 Å². The van der Waals surface area contributed by atoms with Crippen molar-refractivity contribution in [2.24, 2.45) is 5.73 Å². The summed E-state index contributed by atoms with van der Waals surface area (Å²) in [5.41, 5.74) is 6.02. The monoisotopic (exact) mass is 227 g/mol. The summed E-state index contributed by atoms with van der Waals surface area (Å²) in [6.07, 6.45) is 0. The maximum atomic E-state index is 13.3. The minimum absolute atomic E-state index is 0.0188. The number of carbonyl (C=O) groups excluding carboxylic acids is 1. The smallest absolute Gasteiger partial charge is 0.344 e. The molecular formula is C11H14FNO3. The first-order valence-corrected chi connectivity index (χ1v) is 4.94. The van der Waals surface area contributed by atoms with E-state index >= 15 is 0 Å². The molecule has 0 spiro atoms. The van der Waals surface area contributed by atoms with Crippen LogP contribution < -0.4 is 10.5 Å². The summed E-state index contributed by atoms with van der Waals surface area (Å²) >= 11 is 0. The lowest BCUT2D eigenvalue weighted by molar-refractivity contribution is -0.145. The normalized spacial score (nSPS) is 9.94. The Labute approximate surface area is 93.2 Å². The number of carbonyl (C=O) groups is 1. The molecular weight excluding hydrogens is 213 g/mol. The van der Waals surface area contributed by atoms with Gasteiger partial charge in [-0.05, 0) is 24.6 Å². The van der Waals surface area contributed by atoms with Gasteiger partial charge in [0.2, 0.25) is 0 Å². The zero-order valence-corrected chi connectivity index (χ0v) is 9.03. The Morgan fingerprint density at radius 3 is 2.81 bits per heavy atom. The molecule has 1 aromatic carbocycles. The second-order valence-corrected chi connectivity index (χ2v) is 3.06. The zero-order valence-electron chi connectivity index (χ0n) is 9.03. The van der Waals surface area contributed by atoms with Gasteiger partial charge >= 0.3 is 5.97 Å². The number of benzene rings is 1. The van der Waals surface area contributed by atoms with Gasteiger partial charge in [0.25, 0.3) is 0 Å². The second kappa shape index (κ2) is 6.07. The Kier molecular flexibility index (Phi) is 4.72. The molecule has 0 heterocycles. The first-order valence-electron chi connectivity index (χ1n) is 4.94. The Bertz CT molecular complexity index is 368. The summed E-state index contributed by atoms with van der Waals surface area (Å²) in [6, 6.07) is 4.36. The lowest BCUT2D eigenvalue weighted by Gasteiger charge is -2.07. The van der Waals surface area contributed by atoms with Gasteiger partial charge in [-0.15, -0.1) is 0 Å². The van der Waals surface area contributed by atoms with Gasteiger partial charge in [-0.3, -0.25) is 0 Å². The summed E-state index contributed by atoms with van der Waals surface area (Å²) in [7, 11) is 0. The highest BCUT2D eigenvalue weighted by Gasteiger charge is 2.07. The standard InChI is InChI=1S/C11H14FNO3/c1-2-15-11(14)7-16-10-4-3-8(6-13)5-9(10)12/h3-5H,2,6-7,13H2,1H3. The van der Waals surface area contributed by atoms with E-state index in [1.54, 1.807) is 13.0 Å².